The Morgan fingerprint density at radius 3 is 2.21 bits per heavy atom. The van der Waals surface area contributed by atoms with Gasteiger partial charge in [-0.2, -0.15) is 18.4 Å². The van der Waals surface area contributed by atoms with Crippen LogP contribution in [0.3, 0.4) is 0 Å². The third-order valence-corrected chi connectivity index (χ3v) is 7.37. The van der Waals surface area contributed by atoms with E-state index in [1.165, 1.54) is 18.2 Å². The van der Waals surface area contributed by atoms with E-state index < -0.39 is 17.2 Å². The van der Waals surface area contributed by atoms with Crippen molar-refractivity contribution in [3.05, 3.63) is 53.6 Å². The molecule has 2 aliphatic carbocycles. The Morgan fingerprint density at radius 2 is 1.74 bits per heavy atom. The van der Waals surface area contributed by atoms with Gasteiger partial charge in [0.05, 0.1) is 17.0 Å². The average molecular weight is 474 g/mol. The summed E-state index contributed by atoms with van der Waals surface area (Å²) in [5, 5.41) is 19.0. The van der Waals surface area contributed by atoms with Crippen molar-refractivity contribution in [2.45, 2.75) is 69.8 Å². The number of nitriles is 1. The molecule has 2 unspecified atom stereocenters. The molecule has 0 aromatic heterocycles. The van der Waals surface area contributed by atoms with Crippen LogP contribution in [0.15, 0.2) is 48.1 Å². The highest BCUT2D eigenvalue weighted by atomic mass is 19.4. The van der Waals surface area contributed by atoms with E-state index in [2.05, 4.69) is 11.0 Å². The number of amides is 1. The molecule has 1 heterocycles. The summed E-state index contributed by atoms with van der Waals surface area (Å²) in [6, 6.07) is 9.88. The predicted molar refractivity (Wildman–Crippen MR) is 123 cm³/mol. The van der Waals surface area contributed by atoms with Gasteiger partial charge in [-0.3, -0.25) is 4.79 Å². The fourth-order valence-electron chi connectivity index (χ4n) is 4.84. The van der Waals surface area contributed by atoms with Gasteiger partial charge >= 0.3 is 6.18 Å². The van der Waals surface area contributed by atoms with Crippen LogP contribution in [-0.2, 0) is 4.79 Å². The number of aliphatic hydroxyl groups is 1. The van der Waals surface area contributed by atoms with E-state index in [1.54, 1.807) is 19.1 Å². The first-order valence-electron chi connectivity index (χ1n) is 11.7. The molecular weight excluding hydrogens is 443 g/mol. The molecule has 0 spiro atoms. The molecule has 1 saturated carbocycles. The van der Waals surface area contributed by atoms with Crippen LogP contribution in [0.1, 0.15) is 51.5 Å². The lowest BCUT2D eigenvalue weighted by Crippen LogP contribution is -2.52. The SMILES string of the molecule is CC1(C(=O)N(C2CC2)C2CCN(c3ccc(C#N)cc3)CC2)C=CC(C(C)(O)C(F)(F)F)=CC1. The minimum absolute atomic E-state index is 0.0509. The molecule has 3 aliphatic rings. The monoisotopic (exact) mass is 473 g/mol. The summed E-state index contributed by atoms with van der Waals surface area (Å²) in [4.78, 5) is 17.9. The van der Waals surface area contributed by atoms with Crippen LogP contribution in [0.5, 0.6) is 0 Å². The Labute approximate surface area is 198 Å². The van der Waals surface area contributed by atoms with Crippen molar-refractivity contribution in [1.29, 1.82) is 5.26 Å². The molecule has 1 N–H and O–H groups in total. The van der Waals surface area contributed by atoms with E-state index in [0.29, 0.717) is 5.56 Å². The number of alkyl halides is 3. The number of halogens is 3. The maximum absolute atomic E-state index is 13.7. The molecule has 1 aromatic rings. The molecule has 34 heavy (non-hydrogen) atoms. The lowest BCUT2D eigenvalue weighted by atomic mass is 9.77. The molecule has 4 rings (SSSR count). The van der Waals surface area contributed by atoms with Crippen molar-refractivity contribution in [2.24, 2.45) is 5.41 Å². The standard InChI is InChI=1S/C26H30F3N3O2/c1-24(13-9-19(10-14-24)25(2,34)26(27,28)29)23(33)32(21-7-8-21)22-11-15-31(16-12-22)20-5-3-18(17-30)4-6-20/h3-6,9-10,13,21-22,34H,7-8,11-12,14-16H2,1-2H3. The summed E-state index contributed by atoms with van der Waals surface area (Å²) in [6.45, 7) is 4.09. The second-order valence-electron chi connectivity index (χ2n) is 10.0. The molecule has 2 atom stereocenters. The zero-order valence-corrected chi connectivity index (χ0v) is 19.5. The highest BCUT2D eigenvalue weighted by Crippen LogP contribution is 2.43. The molecule has 5 nitrogen and oxygen atoms in total. The van der Waals surface area contributed by atoms with Gasteiger partial charge in [-0.05, 0) is 75.8 Å². The van der Waals surface area contributed by atoms with Crippen LogP contribution < -0.4 is 4.90 Å². The van der Waals surface area contributed by atoms with Gasteiger partial charge in [-0.1, -0.05) is 18.2 Å². The minimum atomic E-state index is -4.79. The minimum Gasteiger partial charge on any atom is -0.376 e. The van der Waals surface area contributed by atoms with Crippen LogP contribution >= 0.6 is 0 Å². The molecule has 1 aromatic carbocycles. The lowest BCUT2D eigenvalue weighted by Gasteiger charge is -2.43. The first-order chi connectivity index (χ1) is 16.0. The number of rotatable bonds is 5. The smallest absolute Gasteiger partial charge is 0.376 e. The summed E-state index contributed by atoms with van der Waals surface area (Å²) >= 11 is 0. The number of hydrogen-bond acceptors (Lipinski definition) is 4. The Bertz CT molecular complexity index is 1030. The highest BCUT2D eigenvalue weighted by Gasteiger charge is 2.53. The fraction of sp³-hybridized carbons (Fsp3) is 0.538. The molecule has 0 bridgehead atoms. The van der Waals surface area contributed by atoms with Gasteiger partial charge in [0, 0.05) is 30.9 Å². The van der Waals surface area contributed by atoms with Gasteiger partial charge in [0.2, 0.25) is 5.91 Å². The number of nitrogens with zero attached hydrogens (tertiary/aromatic N) is 3. The Morgan fingerprint density at radius 1 is 1.15 bits per heavy atom. The molecule has 1 aliphatic heterocycles. The van der Waals surface area contributed by atoms with Crippen molar-refractivity contribution in [1.82, 2.24) is 4.90 Å². The first-order valence-corrected chi connectivity index (χ1v) is 11.7. The van der Waals surface area contributed by atoms with Crippen molar-refractivity contribution >= 4 is 11.6 Å². The van der Waals surface area contributed by atoms with E-state index in [-0.39, 0.29) is 30.0 Å². The maximum Gasteiger partial charge on any atom is 0.421 e. The highest BCUT2D eigenvalue weighted by molar-refractivity contribution is 5.86. The van der Waals surface area contributed by atoms with Gasteiger partial charge in [-0.15, -0.1) is 0 Å². The van der Waals surface area contributed by atoms with Gasteiger partial charge < -0.3 is 14.9 Å². The van der Waals surface area contributed by atoms with Crippen molar-refractivity contribution in [3.63, 3.8) is 0 Å². The number of anilines is 1. The summed E-state index contributed by atoms with van der Waals surface area (Å²) in [5.74, 6) is -0.0509. The molecule has 8 heteroatoms. The lowest BCUT2D eigenvalue weighted by molar-refractivity contribution is -0.235. The van der Waals surface area contributed by atoms with Crippen molar-refractivity contribution in [3.8, 4) is 6.07 Å². The predicted octanol–water partition coefficient (Wildman–Crippen LogP) is 4.72. The molecule has 1 saturated heterocycles. The van der Waals surface area contributed by atoms with Crippen LogP contribution in [-0.4, -0.2) is 52.9 Å². The number of carbonyl (C=O) groups is 1. The Kier molecular flexibility index (Phi) is 6.28. The maximum atomic E-state index is 13.7. The zero-order chi connectivity index (χ0) is 24.7. The van der Waals surface area contributed by atoms with Crippen LogP contribution in [0.2, 0.25) is 0 Å². The first kappa shape index (κ1) is 24.3. The quantitative estimate of drug-likeness (QED) is 0.672. The van der Waals surface area contributed by atoms with Crippen LogP contribution in [0.25, 0.3) is 0 Å². The third kappa shape index (κ3) is 4.58. The zero-order valence-electron chi connectivity index (χ0n) is 19.5. The second kappa shape index (κ2) is 8.77. The van der Waals surface area contributed by atoms with Crippen LogP contribution in [0, 0.1) is 16.7 Å². The Hall–Kier alpha value is -2.79. The number of allylic oxidation sites excluding steroid dienone is 1. The summed E-state index contributed by atoms with van der Waals surface area (Å²) in [6.07, 6.45) is 3.00. The number of benzene rings is 1. The summed E-state index contributed by atoms with van der Waals surface area (Å²) < 4.78 is 39.7. The summed E-state index contributed by atoms with van der Waals surface area (Å²) in [7, 11) is 0. The number of carbonyl (C=O) groups excluding carboxylic acids is 1. The topological polar surface area (TPSA) is 67.6 Å². The van der Waals surface area contributed by atoms with Crippen molar-refractivity contribution in [2.75, 3.05) is 18.0 Å². The molecule has 1 amide bonds. The van der Waals surface area contributed by atoms with Crippen LogP contribution in [0.4, 0.5) is 18.9 Å². The van der Waals surface area contributed by atoms with Gasteiger partial charge in [-0.25, -0.2) is 0 Å². The van der Waals surface area contributed by atoms with E-state index in [4.69, 9.17) is 5.26 Å². The van der Waals surface area contributed by atoms with Gasteiger partial charge in [0.15, 0.2) is 5.60 Å². The van der Waals surface area contributed by atoms with E-state index in [0.717, 1.165) is 51.4 Å². The second-order valence-corrected chi connectivity index (χ2v) is 10.0. The largest absolute Gasteiger partial charge is 0.421 e. The average Bonchev–Trinajstić information content (AvgIpc) is 3.64. The number of piperidine rings is 1. The molecule has 2 fully saturated rings. The molecular formula is C26H30F3N3O2. The third-order valence-electron chi connectivity index (χ3n) is 7.37. The normalized spacial score (nSPS) is 25.3. The molecule has 182 valence electrons. The number of hydrogen-bond donors (Lipinski definition) is 1. The fourth-order valence-corrected chi connectivity index (χ4v) is 4.84. The van der Waals surface area contributed by atoms with E-state index in [1.807, 2.05) is 17.0 Å². The summed E-state index contributed by atoms with van der Waals surface area (Å²) in [5.41, 5.74) is -2.43. The van der Waals surface area contributed by atoms with E-state index >= 15 is 0 Å². The Balaban J connectivity index is 1.44. The van der Waals surface area contributed by atoms with Crippen molar-refractivity contribution < 1.29 is 23.1 Å². The van der Waals surface area contributed by atoms with Gasteiger partial charge in [0.25, 0.3) is 0 Å². The molecule has 0 radical (unpaired) electrons. The van der Waals surface area contributed by atoms with E-state index in [9.17, 15) is 23.1 Å². The van der Waals surface area contributed by atoms with Gasteiger partial charge in [0.1, 0.15) is 0 Å².